The molecule has 1 atom stereocenters. The van der Waals surface area contributed by atoms with Gasteiger partial charge in [0.1, 0.15) is 0 Å². The Morgan fingerprint density at radius 2 is 1.93 bits per heavy atom. The minimum Gasteiger partial charge on any atom is -0.396 e. The predicted molar refractivity (Wildman–Crippen MR) is 107 cm³/mol. The molecule has 6 nitrogen and oxygen atoms in total. The van der Waals surface area contributed by atoms with Gasteiger partial charge in [-0.1, -0.05) is 0 Å². The number of hydrogen-bond donors (Lipinski definition) is 1. The van der Waals surface area contributed by atoms with Gasteiger partial charge in [0.15, 0.2) is 0 Å². The molecule has 2 aliphatic heterocycles. The predicted octanol–water partition coefficient (Wildman–Crippen LogP) is 2.28. The van der Waals surface area contributed by atoms with Gasteiger partial charge in [0, 0.05) is 56.3 Å². The summed E-state index contributed by atoms with van der Waals surface area (Å²) >= 11 is 1.66. The SMILES string of the molecule is Cc1nn(C)cc1CN1CCC2(CC1)CCN(Cc1cscn1)C[C@@H]2CO. The van der Waals surface area contributed by atoms with E-state index in [0.29, 0.717) is 17.9 Å². The van der Waals surface area contributed by atoms with Crippen LogP contribution in [0.3, 0.4) is 0 Å². The molecule has 0 bridgehead atoms. The van der Waals surface area contributed by atoms with Crippen molar-refractivity contribution in [1.82, 2.24) is 24.6 Å². The zero-order valence-electron chi connectivity index (χ0n) is 16.5. The molecule has 7 heteroatoms. The summed E-state index contributed by atoms with van der Waals surface area (Å²) in [6.07, 6.45) is 5.74. The lowest BCUT2D eigenvalue weighted by molar-refractivity contribution is -0.0452. The van der Waals surface area contributed by atoms with Gasteiger partial charge < -0.3 is 5.11 Å². The van der Waals surface area contributed by atoms with Crippen molar-refractivity contribution >= 4 is 11.3 Å². The Balaban J connectivity index is 1.34. The van der Waals surface area contributed by atoms with Crippen molar-refractivity contribution < 1.29 is 5.11 Å². The first-order valence-corrected chi connectivity index (χ1v) is 10.9. The summed E-state index contributed by atoms with van der Waals surface area (Å²) in [5.41, 5.74) is 5.86. The summed E-state index contributed by atoms with van der Waals surface area (Å²) in [6.45, 7) is 8.67. The number of rotatable bonds is 5. The van der Waals surface area contributed by atoms with Crippen LogP contribution in [0.4, 0.5) is 0 Å². The minimum absolute atomic E-state index is 0.301. The van der Waals surface area contributed by atoms with Gasteiger partial charge in [-0.05, 0) is 51.2 Å². The summed E-state index contributed by atoms with van der Waals surface area (Å²) in [5.74, 6) is 0.382. The topological polar surface area (TPSA) is 57.4 Å². The van der Waals surface area contributed by atoms with Crippen LogP contribution in [0.25, 0.3) is 0 Å². The van der Waals surface area contributed by atoms with Crippen molar-refractivity contribution in [1.29, 1.82) is 0 Å². The second-order valence-corrected chi connectivity index (χ2v) is 9.12. The lowest BCUT2D eigenvalue weighted by Gasteiger charge is -2.51. The monoisotopic (exact) mass is 389 g/mol. The van der Waals surface area contributed by atoms with Gasteiger partial charge in [-0.2, -0.15) is 5.10 Å². The Morgan fingerprint density at radius 1 is 1.19 bits per heavy atom. The molecule has 0 radical (unpaired) electrons. The average Bonchev–Trinajstić information content (AvgIpc) is 3.28. The van der Waals surface area contributed by atoms with Crippen molar-refractivity contribution in [2.75, 3.05) is 32.8 Å². The summed E-state index contributed by atoms with van der Waals surface area (Å²) < 4.78 is 1.91. The first kappa shape index (κ1) is 19.1. The summed E-state index contributed by atoms with van der Waals surface area (Å²) in [7, 11) is 1.99. The maximum absolute atomic E-state index is 10.1. The van der Waals surface area contributed by atoms with E-state index in [0.717, 1.165) is 50.7 Å². The van der Waals surface area contributed by atoms with E-state index in [1.54, 1.807) is 11.3 Å². The Kier molecular flexibility index (Phi) is 5.64. The van der Waals surface area contributed by atoms with Crippen molar-refractivity contribution in [3.63, 3.8) is 0 Å². The Bertz CT molecular complexity index is 736. The van der Waals surface area contributed by atoms with Gasteiger partial charge in [-0.3, -0.25) is 14.5 Å². The molecule has 0 aliphatic carbocycles. The zero-order chi connectivity index (χ0) is 18.9. The van der Waals surface area contributed by atoms with Gasteiger partial charge >= 0.3 is 0 Å². The van der Waals surface area contributed by atoms with E-state index in [2.05, 4.69) is 38.4 Å². The number of likely N-dealkylation sites (tertiary alicyclic amines) is 2. The fourth-order valence-electron chi connectivity index (χ4n) is 4.98. The maximum atomic E-state index is 10.1. The molecule has 1 N–H and O–H groups in total. The van der Waals surface area contributed by atoms with Crippen molar-refractivity contribution in [2.45, 2.75) is 39.3 Å². The molecular weight excluding hydrogens is 358 g/mol. The highest BCUT2D eigenvalue weighted by Crippen LogP contribution is 2.45. The third-order valence-corrected chi connectivity index (χ3v) is 7.36. The van der Waals surface area contributed by atoms with Crippen LogP contribution in [0.1, 0.15) is 36.2 Å². The smallest absolute Gasteiger partial charge is 0.0795 e. The lowest BCUT2D eigenvalue weighted by Crippen LogP contribution is -2.53. The number of aromatic nitrogens is 3. The molecule has 0 unspecified atom stereocenters. The number of thiazole rings is 1. The van der Waals surface area contributed by atoms with Gasteiger partial charge in [-0.25, -0.2) is 4.98 Å². The Labute approximate surface area is 165 Å². The number of nitrogens with zero attached hydrogens (tertiary/aromatic N) is 5. The Morgan fingerprint density at radius 3 is 2.52 bits per heavy atom. The van der Waals surface area contributed by atoms with E-state index in [1.165, 1.54) is 24.8 Å². The maximum Gasteiger partial charge on any atom is 0.0795 e. The van der Waals surface area contributed by atoms with E-state index in [1.807, 2.05) is 17.2 Å². The normalized spacial score (nSPS) is 23.9. The first-order chi connectivity index (χ1) is 13.1. The highest BCUT2D eigenvalue weighted by molar-refractivity contribution is 7.07. The van der Waals surface area contributed by atoms with Gasteiger partial charge in [-0.15, -0.1) is 11.3 Å². The van der Waals surface area contributed by atoms with Crippen LogP contribution in [-0.4, -0.2) is 62.5 Å². The van der Waals surface area contributed by atoms with Crippen LogP contribution in [0.15, 0.2) is 17.1 Å². The molecule has 2 saturated heterocycles. The van der Waals surface area contributed by atoms with E-state index in [-0.39, 0.29) is 0 Å². The molecule has 2 aliphatic rings. The summed E-state index contributed by atoms with van der Waals surface area (Å²) in [5, 5.41) is 16.7. The molecular formula is C20H31N5OS. The van der Waals surface area contributed by atoms with E-state index in [9.17, 15) is 5.11 Å². The molecule has 27 heavy (non-hydrogen) atoms. The molecule has 0 aromatic carbocycles. The fourth-order valence-corrected chi connectivity index (χ4v) is 5.53. The molecule has 1 spiro atoms. The van der Waals surface area contributed by atoms with Crippen LogP contribution in [-0.2, 0) is 20.1 Å². The van der Waals surface area contributed by atoms with E-state index < -0.39 is 0 Å². The first-order valence-electron chi connectivity index (χ1n) is 10.00. The Hall–Kier alpha value is -1.28. The number of aliphatic hydroxyl groups is 1. The van der Waals surface area contributed by atoms with Gasteiger partial charge in [0.25, 0.3) is 0 Å². The van der Waals surface area contributed by atoms with Crippen molar-refractivity contribution in [3.8, 4) is 0 Å². The third kappa shape index (κ3) is 4.11. The molecule has 2 fully saturated rings. The molecule has 0 amide bonds. The molecule has 4 heterocycles. The third-order valence-electron chi connectivity index (χ3n) is 6.72. The van der Waals surface area contributed by atoms with Crippen LogP contribution >= 0.6 is 11.3 Å². The summed E-state index contributed by atoms with van der Waals surface area (Å²) in [4.78, 5) is 9.46. The van der Waals surface area contributed by atoms with Crippen LogP contribution in [0.2, 0.25) is 0 Å². The molecule has 4 rings (SSSR count). The lowest BCUT2D eigenvalue weighted by atomic mass is 9.64. The number of piperidine rings is 2. The van der Waals surface area contributed by atoms with Gasteiger partial charge in [0.05, 0.1) is 16.9 Å². The highest BCUT2D eigenvalue weighted by Gasteiger charge is 2.44. The standard InChI is InChI=1S/C20H31N5OS/c1-16-17(9-23(2)22-16)10-24-6-3-20(4-7-24)5-8-25(11-18(20)13-26)12-19-14-27-15-21-19/h9,14-15,18,26H,3-8,10-13H2,1-2H3/t18-/m1/s1. The highest BCUT2D eigenvalue weighted by atomic mass is 32.1. The average molecular weight is 390 g/mol. The number of hydrogen-bond acceptors (Lipinski definition) is 6. The quantitative estimate of drug-likeness (QED) is 0.850. The van der Waals surface area contributed by atoms with Gasteiger partial charge in [0.2, 0.25) is 0 Å². The molecule has 148 valence electrons. The number of aryl methyl sites for hydroxylation is 2. The van der Waals surface area contributed by atoms with E-state index >= 15 is 0 Å². The van der Waals surface area contributed by atoms with Crippen molar-refractivity contribution in [2.24, 2.45) is 18.4 Å². The molecule has 2 aromatic rings. The van der Waals surface area contributed by atoms with Crippen LogP contribution in [0, 0.1) is 18.3 Å². The second kappa shape index (κ2) is 7.99. The minimum atomic E-state index is 0.301. The van der Waals surface area contributed by atoms with Crippen LogP contribution in [0.5, 0.6) is 0 Å². The molecule has 0 saturated carbocycles. The zero-order valence-corrected chi connectivity index (χ0v) is 17.3. The second-order valence-electron chi connectivity index (χ2n) is 8.40. The van der Waals surface area contributed by atoms with E-state index in [4.69, 9.17) is 0 Å². The molecule has 2 aromatic heterocycles. The number of aliphatic hydroxyl groups excluding tert-OH is 1. The van der Waals surface area contributed by atoms with Crippen molar-refractivity contribution in [3.05, 3.63) is 34.0 Å². The summed E-state index contributed by atoms with van der Waals surface area (Å²) in [6, 6.07) is 0. The fraction of sp³-hybridized carbons (Fsp3) is 0.700. The largest absolute Gasteiger partial charge is 0.396 e. The van der Waals surface area contributed by atoms with Crippen LogP contribution < -0.4 is 0 Å².